The van der Waals surface area contributed by atoms with Gasteiger partial charge in [0.25, 0.3) is 0 Å². The summed E-state index contributed by atoms with van der Waals surface area (Å²) in [6.45, 7) is 4.86. The molecule has 22 heavy (non-hydrogen) atoms. The largest absolute Gasteiger partial charge is 0.378 e. The van der Waals surface area contributed by atoms with Crippen LogP contribution < -0.4 is 16.0 Å². The second-order valence-corrected chi connectivity index (χ2v) is 6.00. The summed E-state index contributed by atoms with van der Waals surface area (Å²) >= 11 is 0. The zero-order valence-corrected chi connectivity index (χ0v) is 13.0. The van der Waals surface area contributed by atoms with Crippen LogP contribution in [0, 0.1) is 5.92 Å². The fourth-order valence-corrected chi connectivity index (χ4v) is 2.70. The number of pyridine rings is 1. The Bertz CT molecular complexity index is 509. The quantitative estimate of drug-likeness (QED) is 0.630. The van der Waals surface area contributed by atoms with E-state index in [4.69, 9.17) is 10.5 Å². The summed E-state index contributed by atoms with van der Waals surface area (Å²) in [6.07, 6.45) is 5.82. The van der Waals surface area contributed by atoms with Crippen molar-refractivity contribution >= 4 is 11.8 Å². The predicted octanol–water partition coefficient (Wildman–Crippen LogP) is 1.12. The van der Waals surface area contributed by atoms with Crippen LogP contribution in [0.2, 0.25) is 0 Å². The molecule has 0 bridgehead atoms. The molecule has 0 radical (unpaired) electrons. The third kappa shape index (κ3) is 4.10. The summed E-state index contributed by atoms with van der Waals surface area (Å²) in [5, 5.41) is 3.22. The van der Waals surface area contributed by atoms with E-state index in [0.29, 0.717) is 12.5 Å². The molecule has 2 fully saturated rings. The number of guanidine groups is 1. The molecule has 2 heterocycles. The van der Waals surface area contributed by atoms with Crippen LogP contribution in [0.25, 0.3) is 0 Å². The summed E-state index contributed by atoms with van der Waals surface area (Å²) < 4.78 is 5.37. The van der Waals surface area contributed by atoms with E-state index in [2.05, 4.69) is 26.3 Å². The molecule has 3 rings (SSSR count). The van der Waals surface area contributed by atoms with E-state index < -0.39 is 0 Å². The molecule has 0 unspecified atom stereocenters. The summed E-state index contributed by atoms with van der Waals surface area (Å²) in [5.41, 5.74) is 7.06. The molecule has 1 aliphatic carbocycles. The lowest BCUT2D eigenvalue weighted by Gasteiger charge is -2.28. The Labute approximate surface area is 131 Å². The first-order chi connectivity index (χ1) is 10.8. The zero-order valence-electron chi connectivity index (χ0n) is 13.0. The lowest BCUT2D eigenvalue weighted by molar-refractivity contribution is 0.122. The van der Waals surface area contributed by atoms with Gasteiger partial charge in [0, 0.05) is 25.8 Å². The molecule has 3 N–H and O–H groups in total. The van der Waals surface area contributed by atoms with Crippen molar-refractivity contribution in [3.63, 3.8) is 0 Å². The standard InChI is InChI=1S/C16H25N5O/c17-16(19-11-13-2-1-3-13)20-12-14-4-5-18-15(10-14)21-6-8-22-9-7-21/h4-5,10,13H,1-3,6-9,11-12H2,(H3,17,19,20). The Hall–Kier alpha value is -1.82. The van der Waals surface area contributed by atoms with Gasteiger partial charge in [-0.05, 0) is 36.5 Å². The van der Waals surface area contributed by atoms with Gasteiger partial charge in [-0.15, -0.1) is 0 Å². The summed E-state index contributed by atoms with van der Waals surface area (Å²) in [4.78, 5) is 11.1. The van der Waals surface area contributed by atoms with Gasteiger partial charge in [0.05, 0.1) is 19.8 Å². The minimum Gasteiger partial charge on any atom is -0.378 e. The number of anilines is 1. The molecule has 0 aromatic carbocycles. The monoisotopic (exact) mass is 303 g/mol. The lowest BCUT2D eigenvalue weighted by atomic mass is 9.85. The number of nitrogens with one attached hydrogen (secondary N) is 1. The predicted molar refractivity (Wildman–Crippen MR) is 87.9 cm³/mol. The summed E-state index contributed by atoms with van der Waals surface area (Å²) in [6, 6.07) is 4.08. The molecule has 6 nitrogen and oxygen atoms in total. The lowest BCUT2D eigenvalue weighted by Crippen LogP contribution is -2.37. The fourth-order valence-electron chi connectivity index (χ4n) is 2.70. The normalized spacial score (nSPS) is 19.8. The van der Waals surface area contributed by atoms with E-state index in [9.17, 15) is 0 Å². The van der Waals surface area contributed by atoms with Gasteiger partial charge in [-0.3, -0.25) is 0 Å². The fraction of sp³-hybridized carbons (Fsp3) is 0.625. The SMILES string of the molecule is NC(=NCc1ccnc(N2CCOCC2)c1)NCC1CCC1. The minimum atomic E-state index is 0.539. The van der Waals surface area contributed by atoms with Crippen molar-refractivity contribution in [2.45, 2.75) is 25.8 Å². The Balaban J connectivity index is 1.52. The zero-order chi connectivity index (χ0) is 15.2. The number of nitrogens with zero attached hydrogens (tertiary/aromatic N) is 3. The minimum absolute atomic E-state index is 0.539. The molecule has 1 aromatic rings. The highest BCUT2D eigenvalue weighted by Crippen LogP contribution is 2.25. The van der Waals surface area contributed by atoms with Crippen LogP contribution in [0.3, 0.4) is 0 Å². The van der Waals surface area contributed by atoms with Gasteiger partial charge in [0.1, 0.15) is 5.82 Å². The molecule has 1 aromatic heterocycles. The van der Waals surface area contributed by atoms with Crippen molar-refractivity contribution in [3.05, 3.63) is 23.9 Å². The van der Waals surface area contributed by atoms with Crippen LogP contribution in [0.1, 0.15) is 24.8 Å². The third-order valence-corrected chi connectivity index (χ3v) is 4.37. The van der Waals surface area contributed by atoms with E-state index in [1.807, 2.05) is 12.3 Å². The summed E-state index contributed by atoms with van der Waals surface area (Å²) in [5.74, 6) is 2.32. The molecule has 2 aliphatic rings. The Morgan fingerprint density at radius 1 is 1.41 bits per heavy atom. The van der Waals surface area contributed by atoms with Crippen LogP contribution in [0.4, 0.5) is 5.82 Å². The van der Waals surface area contributed by atoms with E-state index in [-0.39, 0.29) is 0 Å². The van der Waals surface area contributed by atoms with Crippen molar-refractivity contribution in [1.29, 1.82) is 0 Å². The number of hydrogen-bond donors (Lipinski definition) is 2. The van der Waals surface area contributed by atoms with Crippen LogP contribution in [0.5, 0.6) is 0 Å². The molecule has 1 saturated heterocycles. The van der Waals surface area contributed by atoms with E-state index in [0.717, 1.165) is 50.1 Å². The molecule has 1 aliphatic heterocycles. The number of aliphatic imine (C=N–C) groups is 1. The average Bonchev–Trinajstić information content (AvgIpc) is 2.53. The number of morpholine rings is 1. The van der Waals surface area contributed by atoms with Crippen molar-refractivity contribution in [3.8, 4) is 0 Å². The summed E-state index contributed by atoms with van der Waals surface area (Å²) in [7, 11) is 0. The van der Waals surface area contributed by atoms with Gasteiger partial charge < -0.3 is 20.7 Å². The first kappa shape index (κ1) is 15.1. The number of rotatable bonds is 5. The molecular weight excluding hydrogens is 278 g/mol. The number of ether oxygens (including phenoxy) is 1. The van der Waals surface area contributed by atoms with Gasteiger partial charge in [-0.25, -0.2) is 9.98 Å². The highest BCUT2D eigenvalue weighted by molar-refractivity contribution is 5.77. The van der Waals surface area contributed by atoms with Gasteiger partial charge in [0.15, 0.2) is 5.96 Å². The maximum Gasteiger partial charge on any atom is 0.188 e. The van der Waals surface area contributed by atoms with E-state index >= 15 is 0 Å². The topological polar surface area (TPSA) is 75.8 Å². The van der Waals surface area contributed by atoms with Crippen LogP contribution in [-0.2, 0) is 11.3 Å². The Morgan fingerprint density at radius 2 is 2.23 bits per heavy atom. The first-order valence-electron chi connectivity index (χ1n) is 8.12. The van der Waals surface area contributed by atoms with E-state index in [1.54, 1.807) is 0 Å². The second kappa shape index (κ2) is 7.45. The second-order valence-electron chi connectivity index (χ2n) is 6.00. The smallest absolute Gasteiger partial charge is 0.188 e. The average molecular weight is 303 g/mol. The molecule has 0 amide bonds. The van der Waals surface area contributed by atoms with Crippen LogP contribution >= 0.6 is 0 Å². The maximum atomic E-state index is 5.93. The van der Waals surface area contributed by atoms with Crippen molar-refractivity contribution in [1.82, 2.24) is 10.3 Å². The molecule has 1 saturated carbocycles. The molecule has 120 valence electrons. The van der Waals surface area contributed by atoms with Crippen molar-refractivity contribution in [2.24, 2.45) is 16.6 Å². The molecule has 0 spiro atoms. The third-order valence-electron chi connectivity index (χ3n) is 4.37. The molecule has 0 atom stereocenters. The number of hydrogen-bond acceptors (Lipinski definition) is 4. The van der Waals surface area contributed by atoms with Gasteiger partial charge in [0.2, 0.25) is 0 Å². The van der Waals surface area contributed by atoms with Crippen LogP contribution in [0.15, 0.2) is 23.3 Å². The number of aromatic nitrogens is 1. The molecule has 6 heteroatoms. The van der Waals surface area contributed by atoms with Gasteiger partial charge in [-0.2, -0.15) is 0 Å². The number of nitrogens with two attached hydrogens (primary N) is 1. The first-order valence-corrected chi connectivity index (χ1v) is 8.12. The highest BCUT2D eigenvalue weighted by Gasteiger charge is 2.16. The van der Waals surface area contributed by atoms with Gasteiger partial charge in [-0.1, -0.05) is 6.42 Å². The Morgan fingerprint density at radius 3 is 2.95 bits per heavy atom. The van der Waals surface area contributed by atoms with Crippen molar-refractivity contribution in [2.75, 3.05) is 37.7 Å². The highest BCUT2D eigenvalue weighted by atomic mass is 16.5. The van der Waals surface area contributed by atoms with E-state index in [1.165, 1.54) is 19.3 Å². The van der Waals surface area contributed by atoms with Crippen LogP contribution in [-0.4, -0.2) is 43.8 Å². The maximum absolute atomic E-state index is 5.93. The van der Waals surface area contributed by atoms with Gasteiger partial charge >= 0.3 is 0 Å². The van der Waals surface area contributed by atoms with Crippen molar-refractivity contribution < 1.29 is 4.74 Å². The molecular formula is C16H25N5O. The Kier molecular flexibility index (Phi) is 5.11.